The highest BCUT2D eigenvalue weighted by molar-refractivity contribution is 9.10. The highest BCUT2D eigenvalue weighted by Crippen LogP contribution is 2.33. The zero-order valence-corrected chi connectivity index (χ0v) is 19.1. The minimum atomic E-state index is -0.550. The van der Waals surface area contributed by atoms with Gasteiger partial charge in [-0.3, -0.25) is 0 Å². The Hall–Kier alpha value is -1.53. The number of hydrogen-bond donors (Lipinski definition) is 2. The summed E-state index contributed by atoms with van der Waals surface area (Å²) in [5.74, 6) is 0. The summed E-state index contributed by atoms with van der Waals surface area (Å²) in [4.78, 5) is 0. The number of benzene rings is 3. The van der Waals surface area contributed by atoms with Crippen molar-refractivity contribution in [2.75, 3.05) is 11.9 Å². The van der Waals surface area contributed by atoms with E-state index >= 15 is 0 Å². The van der Waals surface area contributed by atoms with E-state index in [1.54, 1.807) is 0 Å². The van der Waals surface area contributed by atoms with E-state index in [4.69, 9.17) is 11.6 Å². The maximum atomic E-state index is 10.7. The van der Waals surface area contributed by atoms with Crippen molar-refractivity contribution >= 4 is 71.0 Å². The van der Waals surface area contributed by atoms with Crippen LogP contribution in [0, 0.1) is 6.92 Å². The van der Waals surface area contributed by atoms with Crippen LogP contribution >= 0.6 is 43.5 Å². The first-order valence-corrected chi connectivity index (χ1v) is 10.9. The molecule has 0 fully saturated rings. The first-order valence-electron chi connectivity index (χ1n) is 8.97. The van der Waals surface area contributed by atoms with Crippen LogP contribution in [-0.4, -0.2) is 22.3 Å². The van der Waals surface area contributed by atoms with Crippen LogP contribution in [0.3, 0.4) is 0 Å². The van der Waals surface area contributed by atoms with Crippen LogP contribution in [0.15, 0.2) is 63.5 Å². The number of aliphatic hydroxyl groups excluding tert-OH is 1. The molecular weight excluding hydrogens is 504 g/mol. The van der Waals surface area contributed by atoms with Gasteiger partial charge < -0.3 is 15.0 Å². The molecule has 4 rings (SSSR count). The molecule has 3 nitrogen and oxygen atoms in total. The lowest BCUT2D eigenvalue weighted by Gasteiger charge is -2.16. The van der Waals surface area contributed by atoms with Gasteiger partial charge in [0, 0.05) is 48.0 Å². The zero-order valence-electron chi connectivity index (χ0n) is 15.2. The molecule has 1 heterocycles. The summed E-state index contributed by atoms with van der Waals surface area (Å²) in [6.45, 7) is 2.91. The van der Waals surface area contributed by atoms with E-state index < -0.39 is 6.10 Å². The highest BCUT2D eigenvalue weighted by Gasteiger charge is 2.14. The molecule has 1 atom stereocenters. The second kappa shape index (κ2) is 8.07. The lowest BCUT2D eigenvalue weighted by molar-refractivity contribution is 0.169. The lowest BCUT2D eigenvalue weighted by atomic mass is 10.2. The van der Waals surface area contributed by atoms with Crippen LogP contribution < -0.4 is 5.32 Å². The normalized spacial score (nSPS) is 12.6. The number of anilines is 1. The van der Waals surface area contributed by atoms with Crippen LogP contribution in [0.1, 0.15) is 5.56 Å². The molecule has 0 aliphatic carbocycles. The van der Waals surface area contributed by atoms with Crippen molar-refractivity contribution in [1.82, 2.24) is 4.57 Å². The molecule has 0 saturated heterocycles. The molecule has 0 aliphatic rings. The van der Waals surface area contributed by atoms with Crippen LogP contribution in [0.2, 0.25) is 5.02 Å². The Morgan fingerprint density at radius 3 is 2.14 bits per heavy atom. The molecular formula is C22H19Br2ClN2O. The van der Waals surface area contributed by atoms with Crippen molar-refractivity contribution in [3.05, 3.63) is 74.1 Å². The molecule has 0 bridgehead atoms. The number of nitrogens with one attached hydrogen (secondary N) is 1. The Morgan fingerprint density at radius 2 is 1.57 bits per heavy atom. The van der Waals surface area contributed by atoms with Crippen LogP contribution in [-0.2, 0) is 6.54 Å². The number of aryl methyl sites for hydroxylation is 1. The summed E-state index contributed by atoms with van der Waals surface area (Å²) in [5.41, 5.74) is 4.16. The maximum Gasteiger partial charge on any atom is 0.0891 e. The van der Waals surface area contributed by atoms with Gasteiger partial charge >= 0.3 is 0 Å². The van der Waals surface area contributed by atoms with Gasteiger partial charge in [-0.15, -0.1) is 0 Å². The second-order valence-corrected chi connectivity index (χ2v) is 9.17. The average Bonchev–Trinajstić information content (AvgIpc) is 2.95. The fraction of sp³-hybridized carbons (Fsp3) is 0.182. The van der Waals surface area contributed by atoms with Gasteiger partial charge in [-0.1, -0.05) is 49.5 Å². The van der Waals surface area contributed by atoms with Crippen molar-refractivity contribution in [3.63, 3.8) is 0 Å². The molecule has 3 aromatic carbocycles. The van der Waals surface area contributed by atoms with E-state index in [1.165, 1.54) is 0 Å². The van der Waals surface area contributed by atoms with Gasteiger partial charge in [0.1, 0.15) is 0 Å². The Bertz CT molecular complexity index is 1110. The van der Waals surface area contributed by atoms with Crippen molar-refractivity contribution in [2.24, 2.45) is 0 Å². The minimum Gasteiger partial charge on any atom is -0.389 e. The summed E-state index contributed by atoms with van der Waals surface area (Å²) in [6, 6.07) is 18.3. The van der Waals surface area contributed by atoms with Gasteiger partial charge in [-0.2, -0.15) is 0 Å². The maximum absolute atomic E-state index is 10.7. The van der Waals surface area contributed by atoms with Gasteiger partial charge in [-0.05, 0) is 61.0 Å². The minimum absolute atomic E-state index is 0.438. The average molecular weight is 523 g/mol. The molecule has 6 heteroatoms. The topological polar surface area (TPSA) is 37.2 Å². The molecule has 0 unspecified atom stereocenters. The zero-order chi connectivity index (χ0) is 19.8. The first-order chi connectivity index (χ1) is 13.4. The smallest absolute Gasteiger partial charge is 0.0891 e. The molecule has 0 radical (unpaired) electrons. The first kappa shape index (κ1) is 19.8. The molecule has 144 valence electrons. The third-order valence-electron chi connectivity index (χ3n) is 4.90. The molecule has 4 aromatic rings. The molecule has 0 saturated carbocycles. The van der Waals surface area contributed by atoms with Gasteiger partial charge in [0.05, 0.1) is 12.6 Å². The van der Waals surface area contributed by atoms with E-state index in [9.17, 15) is 5.11 Å². The van der Waals surface area contributed by atoms with Gasteiger partial charge in [0.15, 0.2) is 0 Å². The summed E-state index contributed by atoms with van der Waals surface area (Å²) in [5, 5.41) is 17.0. The van der Waals surface area contributed by atoms with E-state index in [1.807, 2.05) is 37.3 Å². The monoisotopic (exact) mass is 520 g/mol. The Labute approximate surface area is 185 Å². The van der Waals surface area contributed by atoms with Crippen molar-refractivity contribution < 1.29 is 5.11 Å². The number of aromatic nitrogens is 1. The van der Waals surface area contributed by atoms with Crippen LogP contribution in [0.25, 0.3) is 21.8 Å². The van der Waals surface area contributed by atoms with Gasteiger partial charge in [0.25, 0.3) is 0 Å². The highest BCUT2D eigenvalue weighted by atomic mass is 79.9. The number of fused-ring (bicyclic) bond motifs is 3. The van der Waals surface area contributed by atoms with Gasteiger partial charge in [-0.25, -0.2) is 0 Å². The summed E-state index contributed by atoms with van der Waals surface area (Å²) in [7, 11) is 0. The third-order valence-corrected chi connectivity index (χ3v) is 6.29. The van der Waals surface area contributed by atoms with E-state index in [2.05, 4.69) is 66.0 Å². The summed E-state index contributed by atoms with van der Waals surface area (Å²) >= 11 is 13.3. The molecule has 0 amide bonds. The molecule has 0 spiro atoms. The fourth-order valence-corrected chi connectivity index (χ4v) is 4.36. The standard InChI is InChI=1S/C22H19Br2ClN2O/c1-13-2-5-16(10-20(13)25)26-11-17(28)12-27-21-6-3-14(23)8-18(21)19-9-15(24)4-7-22(19)27/h2-10,17,26,28H,11-12H2,1H3/t17-/m1/s1. The number of aliphatic hydroxyl groups is 1. The molecule has 28 heavy (non-hydrogen) atoms. The Morgan fingerprint density at radius 1 is 0.964 bits per heavy atom. The van der Waals surface area contributed by atoms with Crippen molar-refractivity contribution in [2.45, 2.75) is 19.6 Å². The van der Waals surface area contributed by atoms with E-state index in [-0.39, 0.29) is 0 Å². The van der Waals surface area contributed by atoms with Crippen LogP contribution in [0.4, 0.5) is 5.69 Å². The Balaban J connectivity index is 1.62. The predicted molar refractivity (Wildman–Crippen MR) is 126 cm³/mol. The molecule has 0 aliphatic heterocycles. The number of rotatable bonds is 5. The van der Waals surface area contributed by atoms with Crippen molar-refractivity contribution in [3.8, 4) is 0 Å². The molecule has 2 N–H and O–H groups in total. The number of hydrogen-bond acceptors (Lipinski definition) is 2. The van der Waals surface area contributed by atoms with Crippen molar-refractivity contribution in [1.29, 1.82) is 0 Å². The SMILES string of the molecule is Cc1ccc(NC[C@@H](O)Cn2c3ccc(Br)cc3c3cc(Br)ccc32)cc1Cl. The van der Waals surface area contributed by atoms with Gasteiger partial charge in [0.2, 0.25) is 0 Å². The third kappa shape index (κ3) is 3.94. The number of halogens is 3. The van der Waals surface area contributed by atoms with E-state index in [0.29, 0.717) is 13.1 Å². The lowest BCUT2D eigenvalue weighted by Crippen LogP contribution is -2.24. The second-order valence-electron chi connectivity index (χ2n) is 6.93. The van der Waals surface area contributed by atoms with E-state index in [0.717, 1.165) is 47.0 Å². The number of nitrogens with zero attached hydrogens (tertiary/aromatic N) is 1. The fourth-order valence-electron chi connectivity index (χ4n) is 3.46. The largest absolute Gasteiger partial charge is 0.389 e. The summed E-state index contributed by atoms with van der Waals surface area (Å²) < 4.78 is 4.26. The predicted octanol–water partition coefficient (Wildman–Crippen LogP) is 6.75. The summed E-state index contributed by atoms with van der Waals surface area (Å²) in [6.07, 6.45) is -0.550. The van der Waals surface area contributed by atoms with Crippen LogP contribution in [0.5, 0.6) is 0 Å². The molecule has 1 aromatic heterocycles. The quantitative estimate of drug-likeness (QED) is 0.304. The Kier molecular flexibility index (Phi) is 5.70.